The Balaban J connectivity index is 1.78. The number of para-hydroxylation sites is 1. The maximum atomic E-state index is 13.0. The van der Waals surface area contributed by atoms with Crippen molar-refractivity contribution >= 4 is 17.2 Å². The van der Waals surface area contributed by atoms with Gasteiger partial charge in [0, 0.05) is 16.7 Å². The van der Waals surface area contributed by atoms with E-state index in [4.69, 9.17) is 15.9 Å². The number of rotatable bonds is 5. The van der Waals surface area contributed by atoms with Gasteiger partial charge in [-0.25, -0.2) is 4.39 Å². The fourth-order valence-electron chi connectivity index (χ4n) is 2.42. The van der Waals surface area contributed by atoms with Crippen LogP contribution in [-0.4, -0.2) is 12.9 Å². The van der Waals surface area contributed by atoms with Gasteiger partial charge < -0.3 is 10.5 Å². The van der Waals surface area contributed by atoms with Crippen molar-refractivity contribution in [3.05, 3.63) is 89.2 Å². The number of methoxy groups -OCH3 is 1. The molecule has 144 valence electrons. The summed E-state index contributed by atoms with van der Waals surface area (Å²) in [5.41, 5.74) is 11.5. The molecule has 0 unspecified atom stereocenters. The van der Waals surface area contributed by atoms with Gasteiger partial charge in [0.05, 0.1) is 12.8 Å². The molecule has 0 heterocycles. The normalized spacial score (nSPS) is 10.3. The molecule has 3 rings (SSSR count). The fourth-order valence-corrected chi connectivity index (χ4v) is 2.42. The van der Waals surface area contributed by atoms with E-state index in [2.05, 4.69) is 27.6 Å². The van der Waals surface area contributed by atoms with Gasteiger partial charge in [0.25, 0.3) is 0 Å². The van der Waals surface area contributed by atoms with E-state index >= 15 is 0 Å². The molecule has 0 fully saturated rings. The highest BCUT2D eigenvalue weighted by molar-refractivity contribution is 5.95. The van der Waals surface area contributed by atoms with Gasteiger partial charge in [-0.1, -0.05) is 29.2 Å². The lowest BCUT2D eigenvalue weighted by Crippen LogP contribution is -2.10. The van der Waals surface area contributed by atoms with Gasteiger partial charge >= 0.3 is 0 Å². The van der Waals surface area contributed by atoms with E-state index < -0.39 is 0 Å². The molecule has 0 saturated heterocycles. The van der Waals surface area contributed by atoms with Crippen LogP contribution in [0.3, 0.4) is 0 Å². The average Bonchev–Trinajstić information content (AvgIpc) is 2.74. The minimum atomic E-state index is -0.301. The van der Waals surface area contributed by atoms with E-state index in [1.807, 2.05) is 24.3 Å². The van der Waals surface area contributed by atoms with E-state index in [0.717, 1.165) is 5.56 Å². The maximum absolute atomic E-state index is 13.0. The molecule has 0 atom stereocenters. The van der Waals surface area contributed by atoms with Crippen molar-refractivity contribution < 1.29 is 9.13 Å². The molecule has 0 radical (unpaired) electrons. The predicted octanol–water partition coefficient (Wildman–Crippen LogP) is 4.63. The summed E-state index contributed by atoms with van der Waals surface area (Å²) in [7, 11) is 1.51. The number of hydrogen-bond acceptors (Lipinski definition) is 4. The zero-order valence-corrected chi connectivity index (χ0v) is 15.6. The highest BCUT2D eigenvalue weighted by Gasteiger charge is 2.06. The second-order valence-electron chi connectivity index (χ2n) is 5.91. The lowest BCUT2D eigenvalue weighted by molar-refractivity contribution is 0.415. The standard InChI is InChI=1S/C22H18FN5O/c1-29-21-14-17(22(24)25)10-13-20(21)27-28-26-19-5-3-2-4-16(19)9-6-15-7-11-18(23)12-8-15/h2-5,7-8,10-14H,1H3,(H3,24,25)(H,26,27). The van der Waals surface area contributed by atoms with Gasteiger partial charge in [-0.2, -0.15) is 0 Å². The minimum Gasteiger partial charge on any atom is -0.494 e. The first-order valence-corrected chi connectivity index (χ1v) is 8.62. The molecule has 0 aliphatic rings. The fraction of sp³-hybridized carbons (Fsp3) is 0.0455. The van der Waals surface area contributed by atoms with Gasteiger partial charge in [-0.05, 0) is 54.6 Å². The molecule has 0 aliphatic carbocycles. The number of nitrogens with zero attached hydrogens (tertiary/aromatic N) is 2. The van der Waals surface area contributed by atoms with Crippen LogP contribution in [0, 0.1) is 23.1 Å². The third-order valence-corrected chi connectivity index (χ3v) is 3.93. The Bertz CT molecular complexity index is 1110. The lowest BCUT2D eigenvalue weighted by atomic mass is 10.1. The molecule has 0 amide bonds. The summed E-state index contributed by atoms with van der Waals surface area (Å²) in [5.74, 6) is 6.13. The second-order valence-corrected chi connectivity index (χ2v) is 5.91. The molecule has 0 aromatic heterocycles. The first-order valence-electron chi connectivity index (χ1n) is 8.62. The largest absolute Gasteiger partial charge is 0.494 e. The molecular formula is C22H18FN5O. The Kier molecular flexibility index (Phi) is 6.18. The van der Waals surface area contributed by atoms with Crippen LogP contribution in [0.4, 0.5) is 15.8 Å². The zero-order chi connectivity index (χ0) is 20.6. The molecule has 0 saturated carbocycles. The lowest BCUT2D eigenvalue weighted by Gasteiger charge is -2.06. The number of nitrogens with one attached hydrogen (secondary N) is 2. The van der Waals surface area contributed by atoms with Gasteiger partial charge in [-0.3, -0.25) is 10.8 Å². The van der Waals surface area contributed by atoms with Crippen molar-refractivity contribution in [3.63, 3.8) is 0 Å². The highest BCUT2D eigenvalue weighted by atomic mass is 19.1. The predicted molar refractivity (Wildman–Crippen MR) is 111 cm³/mol. The highest BCUT2D eigenvalue weighted by Crippen LogP contribution is 2.28. The van der Waals surface area contributed by atoms with E-state index in [1.165, 1.54) is 19.2 Å². The first kappa shape index (κ1) is 19.6. The second kappa shape index (κ2) is 9.15. The molecule has 3 aromatic carbocycles. The van der Waals surface area contributed by atoms with Crippen LogP contribution in [0.1, 0.15) is 16.7 Å². The maximum Gasteiger partial charge on any atom is 0.147 e. The monoisotopic (exact) mass is 387 g/mol. The summed E-state index contributed by atoms with van der Waals surface area (Å²) in [4.78, 5) is 0. The van der Waals surface area contributed by atoms with Crippen LogP contribution < -0.4 is 15.9 Å². The van der Waals surface area contributed by atoms with Crippen molar-refractivity contribution in [1.29, 1.82) is 5.41 Å². The summed E-state index contributed by atoms with van der Waals surface area (Å²) in [6, 6.07) is 18.3. The van der Waals surface area contributed by atoms with Gasteiger partial charge in [0.1, 0.15) is 23.1 Å². The van der Waals surface area contributed by atoms with Gasteiger partial charge in [0.15, 0.2) is 0 Å². The number of hydrogen-bond donors (Lipinski definition) is 3. The van der Waals surface area contributed by atoms with Crippen LogP contribution in [0.25, 0.3) is 0 Å². The summed E-state index contributed by atoms with van der Waals surface area (Å²) in [5, 5.41) is 15.6. The molecule has 0 aliphatic heterocycles. The number of halogens is 1. The molecule has 4 N–H and O–H groups in total. The SMILES string of the molecule is COc1cc(C(=N)N)ccc1/N=N/Nc1ccccc1C#Cc1ccc(F)cc1. The van der Waals surface area contributed by atoms with Crippen LogP contribution in [0.5, 0.6) is 5.75 Å². The number of amidine groups is 1. The van der Waals surface area contributed by atoms with Crippen LogP contribution in [0.15, 0.2) is 77.1 Å². The third-order valence-electron chi connectivity index (χ3n) is 3.93. The van der Waals surface area contributed by atoms with Crippen molar-refractivity contribution in [2.75, 3.05) is 12.5 Å². The van der Waals surface area contributed by atoms with Gasteiger partial charge in [-0.15, -0.1) is 5.11 Å². The molecule has 0 bridgehead atoms. The number of ether oxygens (including phenoxy) is 1. The van der Waals surface area contributed by atoms with E-state index in [-0.39, 0.29) is 11.7 Å². The Morgan fingerprint density at radius 2 is 1.83 bits per heavy atom. The van der Waals surface area contributed by atoms with Crippen LogP contribution >= 0.6 is 0 Å². The third kappa shape index (κ3) is 5.17. The molecule has 7 heteroatoms. The van der Waals surface area contributed by atoms with Gasteiger partial charge in [0.2, 0.25) is 0 Å². The Hall–Kier alpha value is -4.18. The van der Waals surface area contributed by atoms with Crippen molar-refractivity contribution in [2.45, 2.75) is 0 Å². The summed E-state index contributed by atoms with van der Waals surface area (Å²) >= 11 is 0. The van der Waals surface area contributed by atoms with E-state index in [1.54, 1.807) is 30.3 Å². The van der Waals surface area contributed by atoms with Crippen molar-refractivity contribution in [2.24, 2.45) is 16.1 Å². The topological polar surface area (TPSA) is 95.8 Å². The van der Waals surface area contributed by atoms with Crippen LogP contribution in [0.2, 0.25) is 0 Å². The summed E-state index contributed by atoms with van der Waals surface area (Å²) in [6.07, 6.45) is 0. The Labute approximate surface area is 167 Å². The average molecular weight is 387 g/mol. The van der Waals surface area contributed by atoms with Crippen molar-refractivity contribution in [3.8, 4) is 17.6 Å². The quantitative estimate of drug-likeness (QED) is 0.196. The number of nitrogen functional groups attached to an aromatic ring is 1. The van der Waals surface area contributed by atoms with Crippen molar-refractivity contribution in [1.82, 2.24) is 0 Å². The van der Waals surface area contributed by atoms with E-state index in [9.17, 15) is 4.39 Å². The van der Waals surface area contributed by atoms with Crippen LogP contribution in [-0.2, 0) is 0 Å². The number of anilines is 1. The zero-order valence-electron chi connectivity index (χ0n) is 15.6. The summed E-state index contributed by atoms with van der Waals surface area (Å²) in [6.45, 7) is 0. The Morgan fingerprint density at radius 3 is 2.55 bits per heavy atom. The molecule has 29 heavy (non-hydrogen) atoms. The molecule has 0 spiro atoms. The first-order chi connectivity index (χ1) is 14.1. The molecular weight excluding hydrogens is 369 g/mol. The summed E-state index contributed by atoms with van der Waals surface area (Å²) < 4.78 is 18.3. The molecule has 6 nitrogen and oxygen atoms in total. The smallest absolute Gasteiger partial charge is 0.147 e. The Morgan fingerprint density at radius 1 is 1.07 bits per heavy atom. The number of benzene rings is 3. The number of nitrogens with two attached hydrogens (primary N) is 1. The minimum absolute atomic E-state index is 0.0569. The van der Waals surface area contributed by atoms with E-state index in [0.29, 0.717) is 28.3 Å². The molecule has 3 aromatic rings.